The van der Waals surface area contributed by atoms with Gasteiger partial charge in [-0.2, -0.15) is 0 Å². The van der Waals surface area contributed by atoms with Gasteiger partial charge in [0.2, 0.25) is 0 Å². The summed E-state index contributed by atoms with van der Waals surface area (Å²) in [5.74, 6) is -0.748. The molecule has 3 unspecified atom stereocenters. The van der Waals surface area contributed by atoms with Gasteiger partial charge >= 0.3 is 0 Å². The van der Waals surface area contributed by atoms with Crippen molar-refractivity contribution in [2.45, 2.75) is 43.6 Å². The van der Waals surface area contributed by atoms with E-state index in [9.17, 15) is 15.0 Å². The molecule has 8 N–H and O–H groups in total. The Hall–Kier alpha value is -0.570. The van der Waals surface area contributed by atoms with Gasteiger partial charge in [0.25, 0.3) is 0 Å². The molecule has 0 aromatic carbocycles. The highest BCUT2D eigenvalue weighted by atomic mass is 16.4. The van der Waals surface area contributed by atoms with Crippen LogP contribution in [0.4, 0.5) is 0 Å². The van der Waals surface area contributed by atoms with Gasteiger partial charge in [0.1, 0.15) is 18.3 Å². The number of aliphatic hydroxyl groups excluding tert-OH is 4. The Morgan fingerprint density at radius 3 is 2.24 bits per heavy atom. The molecule has 0 aliphatic carbocycles. The van der Waals surface area contributed by atoms with Crippen LogP contribution in [0.25, 0.3) is 0 Å². The minimum absolute atomic E-state index is 0.356. The number of carbonyl (C=O) groups is 1. The molecule has 0 amide bonds. The van der Waals surface area contributed by atoms with E-state index in [4.69, 9.17) is 21.7 Å². The van der Waals surface area contributed by atoms with Crippen molar-refractivity contribution < 1.29 is 25.2 Å². The smallest absolute Gasteiger partial charge is 0.180 e. The Kier molecular flexibility index (Phi) is 8.23. The van der Waals surface area contributed by atoms with Gasteiger partial charge in [0, 0.05) is 0 Å². The highest BCUT2D eigenvalue weighted by molar-refractivity contribution is 5.88. The van der Waals surface area contributed by atoms with Crippen LogP contribution in [0.1, 0.15) is 19.3 Å². The molecule has 0 rings (SSSR count). The monoisotopic (exact) mass is 250 g/mol. The van der Waals surface area contributed by atoms with Crippen LogP contribution in [0.2, 0.25) is 0 Å². The van der Waals surface area contributed by atoms with E-state index in [1.165, 1.54) is 0 Å². The second-order valence-corrected chi connectivity index (χ2v) is 3.98. The Balaban J connectivity index is 4.18. The summed E-state index contributed by atoms with van der Waals surface area (Å²) in [6.45, 7) is -0.247. The van der Waals surface area contributed by atoms with Gasteiger partial charge in [-0.3, -0.25) is 4.79 Å². The van der Waals surface area contributed by atoms with Crippen molar-refractivity contribution in [3.63, 3.8) is 0 Å². The van der Waals surface area contributed by atoms with Gasteiger partial charge < -0.3 is 31.9 Å². The van der Waals surface area contributed by atoms with Crippen molar-refractivity contribution in [2.24, 2.45) is 11.5 Å². The molecule has 7 heteroatoms. The molecule has 4 atom stereocenters. The van der Waals surface area contributed by atoms with Crippen molar-refractivity contribution in [1.82, 2.24) is 0 Å². The van der Waals surface area contributed by atoms with Crippen LogP contribution in [-0.4, -0.2) is 63.7 Å². The van der Waals surface area contributed by atoms with Crippen LogP contribution in [0.15, 0.2) is 0 Å². The summed E-state index contributed by atoms with van der Waals surface area (Å²) in [6, 6.07) is -0.905. The number of ketones is 1. The summed E-state index contributed by atoms with van der Waals surface area (Å²) >= 11 is 0. The average Bonchev–Trinajstić information content (AvgIpc) is 2.35. The van der Waals surface area contributed by atoms with Gasteiger partial charge in [-0.25, -0.2) is 0 Å². The van der Waals surface area contributed by atoms with Crippen LogP contribution in [0, 0.1) is 0 Å². The fourth-order valence-electron chi connectivity index (χ4n) is 1.36. The Morgan fingerprint density at radius 1 is 1.18 bits per heavy atom. The lowest BCUT2D eigenvalue weighted by atomic mass is 9.97. The minimum atomic E-state index is -1.79. The minimum Gasteiger partial charge on any atom is -0.394 e. The molecule has 0 saturated heterocycles. The van der Waals surface area contributed by atoms with E-state index in [-0.39, 0.29) is 0 Å². The number of rotatable bonds is 9. The van der Waals surface area contributed by atoms with Crippen molar-refractivity contribution in [1.29, 1.82) is 0 Å². The van der Waals surface area contributed by atoms with Crippen LogP contribution in [0.3, 0.4) is 0 Å². The zero-order valence-corrected chi connectivity index (χ0v) is 9.70. The molecule has 102 valence electrons. The van der Waals surface area contributed by atoms with Gasteiger partial charge in [-0.05, 0) is 19.4 Å². The zero-order chi connectivity index (χ0) is 13.4. The van der Waals surface area contributed by atoms with Crippen LogP contribution < -0.4 is 11.5 Å². The van der Waals surface area contributed by atoms with E-state index >= 15 is 0 Å². The number of hydrogen-bond donors (Lipinski definition) is 6. The van der Waals surface area contributed by atoms with E-state index in [2.05, 4.69) is 0 Å². The van der Waals surface area contributed by atoms with Crippen molar-refractivity contribution in [3.05, 3.63) is 0 Å². The van der Waals surface area contributed by atoms with Crippen LogP contribution in [-0.2, 0) is 4.79 Å². The first-order valence-electron chi connectivity index (χ1n) is 5.60. The SMILES string of the molecule is NCCCC[C@H](N)C(=O)C(O)C(O)C(O)CO. The molecule has 0 spiro atoms. The lowest BCUT2D eigenvalue weighted by Gasteiger charge is -2.22. The van der Waals surface area contributed by atoms with E-state index in [0.717, 1.165) is 6.42 Å². The first-order valence-corrected chi connectivity index (χ1v) is 5.60. The number of unbranched alkanes of at least 4 members (excludes halogenated alkanes) is 1. The molecular formula is C10H22N2O5. The van der Waals surface area contributed by atoms with Crippen molar-refractivity contribution in [3.8, 4) is 0 Å². The van der Waals surface area contributed by atoms with Crippen molar-refractivity contribution in [2.75, 3.05) is 13.2 Å². The molecule has 0 radical (unpaired) electrons. The zero-order valence-electron chi connectivity index (χ0n) is 9.70. The third-order valence-corrected chi connectivity index (χ3v) is 2.53. The largest absolute Gasteiger partial charge is 0.394 e. The van der Waals surface area contributed by atoms with Crippen LogP contribution in [0.5, 0.6) is 0 Å². The molecule has 7 nitrogen and oxygen atoms in total. The Morgan fingerprint density at radius 2 is 1.76 bits per heavy atom. The molecule has 17 heavy (non-hydrogen) atoms. The summed E-state index contributed by atoms with van der Waals surface area (Å²) in [4.78, 5) is 11.5. The maximum Gasteiger partial charge on any atom is 0.180 e. The second kappa shape index (κ2) is 8.51. The summed E-state index contributed by atoms with van der Waals surface area (Å²) in [5, 5.41) is 36.4. The summed E-state index contributed by atoms with van der Waals surface area (Å²) in [7, 11) is 0. The standard InChI is InChI=1S/C10H22N2O5/c11-4-2-1-3-6(12)8(15)10(17)9(16)7(14)5-13/h6-7,9-10,13-14,16-17H,1-5,11-12H2/t6-,7?,9?,10?/m0/s1. The normalized spacial score (nSPS) is 18.5. The Labute approximate surface area is 100 Å². The number of aliphatic hydroxyl groups is 4. The second-order valence-electron chi connectivity index (χ2n) is 3.98. The first-order chi connectivity index (χ1) is 7.95. The third kappa shape index (κ3) is 5.53. The highest BCUT2D eigenvalue weighted by Gasteiger charge is 2.32. The van der Waals surface area contributed by atoms with Gasteiger partial charge in [-0.1, -0.05) is 6.42 Å². The van der Waals surface area contributed by atoms with E-state index in [1.54, 1.807) is 0 Å². The lowest BCUT2D eigenvalue weighted by Crippen LogP contribution is -2.49. The molecular weight excluding hydrogens is 228 g/mol. The molecule has 0 aromatic heterocycles. The molecule has 0 aliphatic heterocycles. The average molecular weight is 250 g/mol. The van der Waals surface area contributed by atoms with Gasteiger partial charge in [0.15, 0.2) is 5.78 Å². The fourth-order valence-corrected chi connectivity index (χ4v) is 1.36. The quantitative estimate of drug-likeness (QED) is 0.240. The highest BCUT2D eigenvalue weighted by Crippen LogP contribution is 2.07. The first kappa shape index (κ1) is 16.4. The summed E-state index contributed by atoms with van der Waals surface area (Å²) in [6.07, 6.45) is -3.36. The summed E-state index contributed by atoms with van der Waals surface area (Å²) < 4.78 is 0. The molecule has 0 bridgehead atoms. The van der Waals surface area contributed by atoms with E-state index < -0.39 is 36.7 Å². The predicted octanol–water partition coefficient (Wildman–Crippen LogP) is -2.91. The van der Waals surface area contributed by atoms with Gasteiger partial charge in [-0.15, -0.1) is 0 Å². The van der Waals surface area contributed by atoms with Crippen molar-refractivity contribution >= 4 is 5.78 Å². The number of hydrogen-bond acceptors (Lipinski definition) is 7. The lowest BCUT2D eigenvalue weighted by molar-refractivity contribution is -0.141. The fraction of sp³-hybridized carbons (Fsp3) is 0.900. The number of carbonyl (C=O) groups excluding carboxylic acids is 1. The maximum absolute atomic E-state index is 11.5. The maximum atomic E-state index is 11.5. The molecule has 0 fully saturated rings. The Bertz CT molecular complexity index is 227. The van der Waals surface area contributed by atoms with Crippen LogP contribution >= 0.6 is 0 Å². The molecule has 0 aromatic rings. The summed E-state index contributed by atoms with van der Waals surface area (Å²) in [5.41, 5.74) is 10.8. The number of Topliss-reactive ketones (excluding diaryl/α,β-unsaturated/α-hetero) is 1. The molecule has 0 saturated carbocycles. The van der Waals surface area contributed by atoms with Gasteiger partial charge in [0.05, 0.1) is 12.6 Å². The predicted molar refractivity (Wildman–Crippen MR) is 61.0 cm³/mol. The van der Waals surface area contributed by atoms with E-state index in [0.29, 0.717) is 19.4 Å². The number of nitrogens with two attached hydrogens (primary N) is 2. The third-order valence-electron chi connectivity index (χ3n) is 2.53. The molecule has 0 heterocycles. The topological polar surface area (TPSA) is 150 Å². The van der Waals surface area contributed by atoms with E-state index in [1.807, 2.05) is 0 Å². The molecule has 0 aliphatic rings.